The summed E-state index contributed by atoms with van der Waals surface area (Å²) in [6.45, 7) is 0.369. The summed E-state index contributed by atoms with van der Waals surface area (Å²) in [4.78, 5) is 0. The van der Waals surface area contributed by atoms with Gasteiger partial charge in [-0.3, -0.25) is 4.55 Å². The van der Waals surface area contributed by atoms with Gasteiger partial charge >= 0.3 is 5.89 Å². The van der Waals surface area contributed by atoms with Crippen LogP contribution in [0.3, 0.4) is 0 Å². The van der Waals surface area contributed by atoms with Crippen molar-refractivity contribution in [3.63, 3.8) is 0 Å². The van der Waals surface area contributed by atoms with Crippen LogP contribution in [0.15, 0.2) is 95.2 Å². The van der Waals surface area contributed by atoms with Crippen molar-refractivity contribution < 1.29 is 32.2 Å². The molecule has 1 aromatic heterocycles. The van der Waals surface area contributed by atoms with Gasteiger partial charge in [0.05, 0.1) is 17.5 Å². The van der Waals surface area contributed by atoms with Gasteiger partial charge in [0.15, 0.2) is 18.2 Å². The largest absolute Gasteiger partial charge is 0.870 e. The lowest BCUT2D eigenvalue weighted by Gasteiger charge is -2.00. The van der Waals surface area contributed by atoms with E-state index in [2.05, 4.69) is 17.4 Å². The van der Waals surface area contributed by atoms with Crippen molar-refractivity contribution in [3.8, 4) is 5.75 Å². The summed E-state index contributed by atoms with van der Waals surface area (Å²) in [5, 5.41) is 7.63. The highest BCUT2D eigenvalue weighted by Crippen LogP contribution is 2.37. The third-order valence-corrected chi connectivity index (χ3v) is 7.00. The van der Waals surface area contributed by atoms with E-state index in [9.17, 15) is 8.42 Å². The molecular weight excluding hydrogens is 492 g/mol. The second-order valence-electron chi connectivity index (χ2n) is 8.71. The van der Waals surface area contributed by atoms with Crippen LogP contribution in [0.5, 0.6) is 5.75 Å². The lowest BCUT2D eigenvalue weighted by Crippen LogP contribution is -2.36. The van der Waals surface area contributed by atoms with Gasteiger partial charge in [-0.15, -0.1) is 0 Å². The number of ether oxygens (including phenoxy) is 1. The number of benzene rings is 4. The number of rotatable bonds is 6. The summed E-state index contributed by atoms with van der Waals surface area (Å²) in [6.07, 6.45) is 5.71. The van der Waals surface area contributed by atoms with Crippen LogP contribution >= 0.6 is 0 Å². The van der Waals surface area contributed by atoms with Crippen LogP contribution in [0.25, 0.3) is 38.7 Å². The summed E-state index contributed by atoms with van der Waals surface area (Å²) in [6, 6.07) is 24.2. The van der Waals surface area contributed by atoms with E-state index in [0.29, 0.717) is 23.9 Å². The van der Waals surface area contributed by atoms with Crippen molar-refractivity contribution in [1.29, 1.82) is 0 Å². The molecule has 0 spiro atoms. The second kappa shape index (κ2) is 9.70. The zero-order valence-electron chi connectivity index (χ0n) is 19.7. The van der Waals surface area contributed by atoms with Gasteiger partial charge in [-0.2, -0.15) is 13.0 Å². The van der Waals surface area contributed by atoms with Gasteiger partial charge in [-0.05, 0) is 51.9 Å². The second-order valence-corrected chi connectivity index (χ2v) is 10.3. The number of aromatic nitrogens is 1. The molecule has 0 atom stereocenters. The van der Waals surface area contributed by atoms with Gasteiger partial charge in [-0.1, -0.05) is 48.5 Å². The number of nitrogens with zero attached hydrogens (tertiary/aromatic N) is 1. The van der Waals surface area contributed by atoms with Crippen molar-refractivity contribution in [2.45, 2.75) is 13.0 Å². The van der Waals surface area contributed by atoms with E-state index in [1.165, 1.54) is 0 Å². The van der Waals surface area contributed by atoms with Crippen LogP contribution in [0.1, 0.15) is 12.3 Å². The Labute approximate surface area is 213 Å². The zero-order valence-corrected chi connectivity index (χ0v) is 20.5. The first kappa shape index (κ1) is 24.5. The number of allylic oxidation sites excluding steroid dienone is 2. The number of anilines is 1. The van der Waals surface area contributed by atoms with Crippen LogP contribution in [0, 0.1) is 0 Å². The summed E-state index contributed by atoms with van der Waals surface area (Å²) >= 11 is 0. The molecule has 0 radical (unpaired) electrons. The Morgan fingerprint density at radius 2 is 1.57 bits per heavy atom. The van der Waals surface area contributed by atoms with E-state index >= 15 is 0 Å². The van der Waals surface area contributed by atoms with Gasteiger partial charge in [0.25, 0.3) is 15.6 Å². The Hall–Kier alpha value is -4.18. The van der Waals surface area contributed by atoms with Crippen molar-refractivity contribution in [1.82, 2.24) is 0 Å². The molecular formula is C28H24N2O6S. The third kappa shape index (κ3) is 5.05. The maximum atomic E-state index is 11.3. The molecule has 4 aromatic carbocycles. The Morgan fingerprint density at radius 3 is 2.27 bits per heavy atom. The first-order chi connectivity index (χ1) is 17.4. The highest BCUT2D eigenvalue weighted by Gasteiger charge is 2.22. The zero-order chi connectivity index (χ0) is 24.7. The highest BCUT2D eigenvalue weighted by atomic mass is 32.2. The standard InChI is InChI=1S/C28H22N2O5S.H2O/c31-36(32,33)14-6-13-30-24-16-20-8-2-4-10-22(20)18-26(24)35-28(30)12-5-11-27-29-23-15-19-7-1-3-9-21(19)17-25(23)34-27;/h1-5,7-12,15-18H,6,13-14H2,(H,31,32,33);1H2. The van der Waals surface area contributed by atoms with Gasteiger partial charge in [0.1, 0.15) is 0 Å². The van der Waals surface area contributed by atoms with Crippen molar-refractivity contribution in [3.05, 3.63) is 96.7 Å². The molecule has 1 aliphatic rings. The van der Waals surface area contributed by atoms with E-state index in [4.69, 9.17) is 13.7 Å². The molecule has 0 bridgehead atoms. The van der Waals surface area contributed by atoms with Gasteiger partial charge in [0, 0.05) is 12.5 Å². The molecule has 1 aliphatic heterocycles. The van der Waals surface area contributed by atoms with Crippen LogP contribution in [-0.4, -0.2) is 24.2 Å². The molecule has 2 heterocycles. The Bertz CT molecular complexity index is 1760. The minimum Gasteiger partial charge on any atom is -0.870 e. The smallest absolute Gasteiger partial charge is 0.374 e. The molecule has 5 aromatic rings. The highest BCUT2D eigenvalue weighted by molar-refractivity contribution is 7.85. The minimum absolute atomic E-state index is 0. The van der Waals surface area contributed by atoms with Crippen molar-refractivity contribution in [2.24, 2.45) is 0 Å². The van der Waals surface area contributed by atoms with Gasteiger partial charge in [-0.25, -0.2) is 0 Å². The normalized spacial score (nSPS) is 14.2. The molecule has 0 saturated carbocycles. The van der Waals surface area contributed by atoms with E-state index in [1.807, 2.05) is 83.5 Å². The van der Waals surface area contributed by atoms with E-state index in [0.717, 1.165) is 38.5 Å². The minimum atomic E-state index is -4.04. The predicted octanol–water partition coefficient (Wildman–Crippen LogP) is 5.49. The monoisotopic (exact) mass is 516 g/mol. The summed E-state index contributed by atoms with van der Waals surface area (Å²) in [5.41, 5.74) is 2.46. The lowest BCUT2D eigenvalue weighted by molar-refractivity contribution is -0.677. The summed E-state index contributed by atoms with van der Waals surface area (Å²) < 4.78 is 45.7. The average molecular weight is 517 g/mol. The van der Waals surface area contributed by atoms with Gasteiger partial charge in [0.2, 0.25) is 5.58 Å². The Balaban J connectivity index is 0.00000280. The molecule has 0 aliphatic carbocycles. The maximum absolute atomic E-state index is 11.3. The molecule has 6 rings (SSSR count). The first-order valence-electron chi connectivity index (χ1n) is 11.6. The van der Waals surface area contributed by atoms with Crippen LogP contribution in [0.4, 0.5) is 5.69 Å². The third-order valence-electron chi connectivity index (χ3n) is 6.19. The van der Waals surface area contributed by atoms with Crippen LogP contribution in [-0.2, 0) is 16.7 Å². The van der Waals surface area contributed by atoms with Crippen LogP contribution in [0.2, 0.25) is 0 Å². The van der Waals surface area contributed by atoms with Crippen LogP contribution < -0.4 is 14.6 Å². The fraction of sp³-hybridized carbons (Fsp3) is 0.107. The number of nitrogens with one attached hydrogen (secondary N) is 1. The number of hydrogen-bond acceptors (Lipinski definition) is 6. The number of fused-ring (bicyclic) bond motifs is 4. The van der Waals surface area contributed by atoms with E-state index in [1.54, 1.807) is 0 Å². The predicted molar refractivity (Wildman–Crippen MR) is 142 cm³/mol. The summed E-state index contributed by atoms with van der Waals surface area (Å²) in [7, 11) is -4.04. The molecule has 188 valence electrons. The number of oxazole rings is 1. The van der Waals surface area contributed by atoms with Gasteiger partial charge < -0.3 is 19.9 Å². The molecule has 8 nitrogen and oxygen atoms in total. The first-order valence-corrected chi connectivity index (χ1v) is 13.2. The quantitative estimate of drug-likeness (QED) is 0.226. The molecule has 37 heavy (non-hydrogen) atoms. The molecule has 0 saturated heterocycles. The average Bonchev–Trinajstić information content (AvgIpc) is 3.40. The topological polar surface area (TPSA) is 123 Å². The molecule has 0 fully saturated rings. The fourth-order valence-electron chi connectivity index (χ4n) is 4.52. The number of hydrogen-bond donors (Lipinski definition) is 2. The molecule has 0 unspecified atom stereocenters. The van der Waals surface area contributed by atoms with Crippen molar-refractivity contribution >= 4 is 54.5 Å². The molecule has 0 amide bonds. The van der Waals surface area contributed by atoms with Crippen molar-refractivity contribution in [2.75, 3.05) is 11.1 Å². The lowest BCUT2D eigenvalue weighted by atomic mass is 10.1. The summed E-state index contributed by atoms with van der Waals surface area (Å²) in [5.74, 6) is 1.60. The number of aryl methyl sites for hydroxylation is 1. The molecule has 3 N–H and O–H groups in total. The maximum Gasteiger partial charge on any atom is 0.374 e. The molecule has 9 heteroatoms. The SMILES string of the molecule is O=S(=O)(O)CCC[n+]1c(C=CC=C2Nc3cc4ccccc4cc3O2)oc2cc3ccccc3cc21.[OH-]. The Kier molecular flexibility index (Phi) is 6.43. The fourth-order valence-corrected chi connectivity index (χ4v) is 5.01. The Morgan fingerprint density at radius 1 is 0.919 bits per heavy atom. The van der Waals surface area contributed by atoms with E-state index in [-0.39, 0.29) is 17.6 Å². The van der Waals surface area contributed by atoms with E-state index < -0.39 is 10.1 Å².